The van der Waals surface area contributed by atoms with Crippen LogP contribution < -0.4 is 15.5 Å². The number of hydrogen-bond acceptors (Lipinski definition) is 6. The quantitative estimate of drug-likeness (QED) is 0.877. The summed E-state index contributed by atoms with van der Waals surface area (Å²) < 4.78 is 0. The van der Waals surface area contributed by atoms with Crippen LogP contribution in [0.15, 0.2) is 18.2 Å². The number of hydrogen-bond donors (Lipinski definition) is 2. The topological polar surface area (TPSA) is 66.0 Å². The van der Waals surface area contributed by atoms with Gasteiger partial charge in [0.05, 0.1) is 10.7 Å². The number of nitrogens with zero attached hydrogens (tertiary/aromatic N) is 4. The van der Waals surface area contributed by atoms with Crippen molar-refractivity contribution in [1.82, 2.24) is 15.0 Å². The molecule has 1 aromatic carbocycles. The highest BCUT2D eigenvalue weighted by Gasteiger charge is 2.09. The van der Waals surface area contributed by atoms with E-state index >= 15 is 0 Å². The molecular formula is C13H16Cl2N6. The summed E-state index contributed by atoms with van der Waals surface area (Å²) in [4.78, 5) is 14.7. The first kappa shape index (κ1) is 15.6. The van der Waals surface area contributed by atoms with Gasteiger partial charge in [0.25, 0.3) is 0 Å². The molecule has 0 atom stereocenters. The lowest BCUT2D eigenvalue weighted by atomic mass is 10.3. The molecule has 112 valence electrons. The zero-order valence-electron chi connectivity index (χ0n) is 12.0. The van der Waals surface area contributed by atoms with Crippen LogP contribution in [0.4, 0.5) is 23.5 Å². The normalized spacial score (nSPS) is 10.3. The Morgan fingerprint density at radius 2 is 1.81 bits per heavy atom. The summed E-state index contributed by atoms with van der Waals surface area (Å²) in [7, 11) is 3.72. The third kappa shape index (κ3) is 4.09. The van der Waals surface area contributed by atoms with Gasteiger partial charge in [0, 0.05) is 25.7 Å². The zero-order valence-corrected chi connectivity index (χ0v) is 13.5. The van der Waals surface area contributed by atoms with Crippen molar-refractivity contribution < 1.29 is 0 Å². The molecule has 0 amide bonds. The Hall–Kier alpha value is -1.79. The maximum atomic E-state index is 6.13. The number of aromatic nitrogens is 3. The molecule has 0 aliphatic rings. The van der Waals surface area contributed by atoms with E-state index in [4.69, 9.17) is 23.2 Å². The Morgan fingerprint density at radius 1 is 1.10 bits per heavy atom. The Morgan fingerprint density at radius 3 is 2.48 bits per heavy atom. The predicted molar refractivity (Wildman–Crippen MR) is 88.1 cm³/mol. The van der Waals surface area contributed by atoms with E-state index in [1.165, 1.54) is 0 Å². The van der Waals surface area contributed by atoms with Crippen LogP contribution in [0.25, 0.3) is 0 Å². The van der Waals surface area contributed by atoms with Crippen LogP contribution in [-0.2, 0) is 0 Å². The van der Waals surface area contributed by atoms with Gasteiger partial charge in [-0.2, -0.15) is 15.0 Å². The van der Waals surface area contributed by atoms with Gasteiger partial charge in [-0.1, -0.05) is 23.2 Å². The predicted octanol–water partition coefficient (Wildman–Crippen LogP) is 3.42. The van der Waals surface area contributed by atoms with Gasteiger partial charge in [0.15, 0.2) is 0 Å². The van der Waals surface area contributed by atoms with Crippen LogP contribution in [0.1, 0.15) is 6.92 Å². The highest BCUT2D eigenvalue weighted by molar-refractivity contribution is 6.35. The molecule has 6 nitrogen and oxygen atoms in total. The van der Waals surface area contributed by atoms with Gasteiger partial charge in [-0.15, -0.1) is 0 Å². The highest BCUT2D eigenvalue weighted by atomic mass is 35.5. The third-order valence-corrected chi connectivity index (χ3v) is 3.10. The summed E-state index contributed by atoms with van der Waals surface area (Å²) in [5, 5.41) is 7.25. The van der Waals surface area contributed by atoms with Crippen molar-refractivity contribution in [3.8, 4) is 0 Å². The first-order valence-corrected chi connectivity index (χ1v) is 7.14. The molecule has 0 saturated carbocycles. The number of rotatable bonds is 5. The minimum Gasteiger partial charge on any atom is -0.354 e. The molecule has 2 N–H and O–H groups in total. The lowest BCUT2D eigenvalue weighted by Gasteiger charge is -2.14. The average molecular weight is 327 g/mol. The first-order chi connectivity index (χ1) is 9.99. The molecule has 0 saturated heterocycles. The lowest BCUT2D eigenvalue weighted by Crippen LogP contribution is -2.16. The van der Waals surface area contributed by atoms with E-state index in [2.05, 4.69) is 25.6 Å². The molecule has 0 fully saturated rings. The van der Waals surface area contributed by atoms with Crippen LogP contribution in [-0.4, -0.2) is 35.6 Å². The fraction of sp³-hybridized carbons (Fsp3) is 0.308. The van der Waals surface area contributed by atoms with Gasteiger partial charge >= 0.3 is 0 Å². The molecule has 1 heterocycles. The maximum absolute atomic E-state index is 6.13. The molecule has 0 aliphatic carbocycles. The third-order valence-electron chi connectivity index (χ3n) is 2.53. The van der Waals surface area contributed by atoms with Gasteiger partial charge < -0.3 is 15.5 Å². The van der Waals surface area contributed by atoms with Crippen molar-refractivity contribution in [1.29, 1.82) is 0 Å². The van der Waals surface area contributed by atoms with Crippen LogP contribution in [0, 0.1) is 0 Å². The van der Waals surface area contributed by atoms with E-state index in [0.717, 1.165) is 0 Å². The van der Waals surface area contributed by atoms with E-state index in [0.29, 0.717) is 40.1 Å². The molecule has 0 bridgehead atoms. The van der Waals surface area contributed by atoms with E-state index in [9.17, 15) is 0 Å². The van der Waals surface area contributed by atoms with Gasteiger partial charge in [-0.3, -0.25) is 0 Å². The molecule has 1 aromatic heterocycles. The number of nitrogens with one attached hydrogen (secondary N) is 2. The molecular weight excluding hydrogens is 311 g/mol. The Kier molecular flexibility index (Phi) is 5.03. The van der Waals surface area contributed by atoms with Gasteiger partial charge in [0.2, 0.25) is 17.8 Å². The summed E-state index contributed by atoms with van der Waals surface area (Å²) in [6.45, 7) is 2.69. The van der Waals surface area contributed by atoms with Gasteiger partial charge in [-0.05, 0) is 25.1 Å². The monoisotopic (exact) mass is 326 g/mol. The number of benzene rings is 1. The van der Waals surface area contributed by atoms with Crippen LogP contribution in [0.3, 0.4) is 0 Å². The van der Waals surface area contributed by atoms with E-state index < -0.39 is 0 Å². The second-order valence-corrected chi connectivity index (χ2v) is 5.30. The van der Waals surface area contributed by atoms with Gasteiger partial charge in [0.1, 0.15) is 0 Å². The highest BCUT2D eigenvalue weighted by Crippen LogP contribution is 2.27. The van der Waals surface area contributed by atoms with Crippen molar-refractivity contribution >= 4 is 46.7 Å². The molecule has 0 radical (unpaired) electrons. The maximum Gasteiger partial charge on any atom is 0.233 e. The standard InChI is InChI=1S/C13H16Cl2N6/c1-4-16-11-18-12(20-13(19-11)21(2)3)17-10-7-8(14)5-6-9(10)15/h5-7H,4H2,1-3H3,(H2,16,17,18,19,20). The van der Waals surface area contributed by atoms with E-state index in [1.54, 1.807) is 23.1 Å². The number of anilines is 4. The fourth-order valence-corrected chi connectivity index (χ4v) is 1.91. The Bertz CT molecular complexity index is 632. The van der Waals surface area contributed by atoms with Crippen LogP contribution >= 0.6 is 23.2 Å². The molecule has 2 aromatic rings. The molecule has 2 rings (SSSR count). The molecule has 0 unspecified atom stereocenters. The second-order valence-electron chi connectivity index (χ2n) is 4.46. The van der Waals surface area contributed by atoms with Crippen molar-refractivity contribution in [2.24, 2.45) is 0 Å². The molecule has 0 aliphatic heterocycles. The summed E-state index contributed by atoms with van der Waals surface area (Å²) in [6, 6.07) is 5.15. The van der Waals surface area contributed by atoms with Crippen LogP contribution in [0.5, 0.6) is 0 Å². The summed E-state index contributed by atoms with van der Waals surface area (Å²) in [5.74, 6) is 1.44. The average Bonchev–Trinajstić information content (AvgIpc) is 2.43. The molecule has 21 heavy (non-hydrogen) atoms. The van der Waals surface area contributed by atoms with Crippen LogP contribution in [0.2, 0.25) is 10.0 Å². The van der Waals surface area contributed by atoms with E-state index in [1.807, 2.05) is 21.0 Å². The van der Waals surface area contributed by atoms with Gasteiger partial charge in [-0.25, -0.2) is 0 Å². The molecule has 0 spiro atoms. The second kappa shape index (κ2) is 6.78. The fourth-order valence-electron chi connectivity index (χ4n) is 1.57. The zero-order chi connectivity index (χ0) is 15.4. The Balaban J connectivity index is 2.36. The largest absolute Gasteiger partial charge is 0.354 e. The Labute approximate surface area is 133 Å². The van der Waals surface area contributed by atoms with E-state index in [-0.39, 0.29) is 0 Å². The summed E-state index contributed by atoms with van der Waals surface area (Å²) >= 11 is 12.1. The summed E-state index contributed by atoms with van der Waals surface area (Å²) in [5.41, 5.74) is 0.641. The summed E-state index contributed by atoms with van der Waals surface area (Å²) in [6.07, 6.45) is 0. The SMILES string of the molecule is CCNc1nc(Nc2cc(Cl)ccc2Cl)nc(N(C)C)n1. The molecule has 8 heteroatoms. The smallest absolute Gasteiger partial charge is 0.233 e. The van der Waals surface area contributed by atoms with Crippen molar-refractivity contribution in [2.45, 2.75) is 6.92 Å². The minimum absolute atomic E-state index is 0.397. The first-order valence-electron chi connectivity index (χ1n) is 6.39. The lowest BCUT2D eigenvalue weighted by molar-refractivity contribution is 0.953. The number of halogens is 2. The van der Waals surface area contributed by atoms with Crippen molar-refractivity contribution in [2.75, 3.05) is 36.2 Å². The van der Waals surface area contributed by atoms with Crippen molar-refractivity contribution in [3.05, 3.63) is 28.2 Å². The minimum atomic E-state index is 0.397. The van der Waals surface area contributed by atoms with Crippen molar-refractivity contribution in [3.63, 3.8) is 0 Å².